The first-order valence-corrected chi connectivity index (χ1v) is 10.9. The SMILES string of the molecule is COc1ccc2nc(N3CCC(CC(=O)N4CCSCC4)CC3)ccc2c1. The molecule has 0 atom stereocenters. The summed E-state index contributed by atoms with van der Waals surface area (Å²) in [6.07, 6.45) is 2.84. The number of benzene rings is 1. The third kappa shape index (κ3) is 4.32. The molecule has 6 heteroatoms. The lowest BCUT2D eigenvalue weighted by Crippen LogP contribution is -2.40. The van der Waals surface area contributed by atoms with Gasteiger partial charge >= 0.3 is 0 Å². The van der Waals surface area contributed by atoms with Crippen LogP contribution in [0.5, 0.6) is 5.75 Å². The molecule has 3 heterocycles. The summed E-state index contributed by atoms with van der Waals surface area (Å²) < 4.78 is 5.29. The predicted molar refractivity (Wildman–Crippen MR) is 112 cm³/mol. The number of carbonyl (C=O) groups is 1. The molecule has 0 aliphatic carbocycles. The van der Waals surface area contributed by atoms with Crippen molar-refractivity contribution in [3.63, 3.8) is 0 Å². The molecule has 1 aromatic carbocycles. The highest BCUT2D eigenvalue weighted by molar-refractivity contribution is 7.99. The zero-order valence-electron chi connectivity index (χ0n) is 15.9. The van der Waals surface area contributed by atoms with Crippen molar-refractivity contribution >= 4 is 34.4 Å². The van der Waals surface area contributed by atoms with Crippen LogP contribution in [0, 0.1) is 5.92 Å². The summed E-state index contributed by atoms with van der Waals surface area (Å²) >= 11 is 1.95. The Morgan fingerprint density at radius 2 is 1.93 bits per heavy atom. The van der Waals surface area contributed by atoms with Crippen molar-refractivity contribution < 1.29 is 9.53 Å². The third-order valence-electron chi connectivity index (χ3n) is 5.65. The molecule has 0 bridgehead atoms. The number of hydrogen-bond acceptors (Lipinski definition) is 5. The standard InChI is InChI=1S/C21H27N3O2S/c1-26-18-3-4-19-17(15-18)2-5-20(22-19)23-8-6-16(7-9-23)14-21(25)24-10-12-27-13-11-24/h2-5,15-16H,6-14H2,1H3. The monoisotopic (exact) mass is 385 g/mol. The molecule has 1 aromatic heterocycles. The van der Waals surface area contributed by atoms with E-state index in [2.05, 4.69) is 21.9 Å². The van der Waals surface area contributed by atoms with E-state index in [0.717, 1.165) is 73.0 Å². The molecule has 144 valence electrons. The zero-order chi connectivity index (χ0) is 18.6. The second-order valence-electron chi connectivity index (χ2n) is 7.36. The van der Waals surface area contributed by atoms with Gasteiger partial charge in [0, 0.05) is 49.5 Å². The molecule has 2 fully saturated rings. The molecule has 2 aromatic rings. The summed E-state index contributed by atoms with van der Waals surface area (Å²) in [5.41, 5.74) is 0.994. The van der Waals surface area contributed by atoms with Crippen LogP contribution >= 0.6 is 11.8 Å². The number of nitrogens with zero attached hydrogens (tertiary/aromatic N) is 3. The number of piperidine rings is 1. The van der Waals surface area contributed by atoms with E-state index in [1.165, 1.54) is 0 Å². The maximum absolute atomic E-state index is 12.5. The van der Waals surface area contributed by atoms with Crippen LogP contribution in [0.1, 0.15) is 19.3 Å². The number of ether oxygens (including phenoxy) is 1. The van der Waals surface area contributed by atoms with Gasteiger partial charge in [-0.1, -0.05) is 0 Å². The van der Waals surface area contributed by atoms with E-state index in [9.17, 15) is 4.79 Å². The Kier molecular flexibility index (Phi) is 5.72. The van der Waals surface area contributed by atoms with Gasteiger partial charge in [0.05, 0.1) is 12.6 Å². The molecule has 1 amide bonds. The summed E-state index contributed by atoms with van der Waals surface area (Å²) in [5.74, 6) is 4.92. The number of amides is 1. The van der Waals surface area contributed by atoms with E-state index in [1.54, 1.807) is 7.11 Å². The highest BCUT2D eigenvalue weighted by Crippen LogP contribution is 2.27. The van der Waals surface area contributed by atoms with E-state index in [0.29, 0.717) is 18.2 Å². The fourth-order valence-electron chi connectivity index (χ4n) is 3.95. The molecule has 2 saturated heterocycles. The van der Waals surface area contributed by atoms with Gasteiger partial charge in [0.2, 0.25) is 5.91 Å². The quantitative estimate of drug-likeness (QED) is 0.807. The first-order valence-electron chi connectivity index (χ1n) is 9.78. The fraction of sp³-hybridized carbons (Fsp3) is 0.524. The number of anilines is 1. The molecule has 0 unspecified atom stereocenters. The van der Waals surface area contributed by atoms with Crippen LogP contribution in [0.2, 0.25) is 0 Å². The molecule has 5 nitrogen and oxygen atoms in total. The molecule has 0 radical (unpaired) electrons. The number of carbonyl (C=O) groups excluding carboxylic acids is 1. The summed E-state index contributed by atoms with van der Waals surface area (Å²) in [7, 11) is 1.68. The average Bonchev–Trinajstić information content (AvgIpc) is 2.74. The largest absolute Gasteiger partial charge is 0.497 e. The summed E-state index contributed by atoms with van der Waals surface area (Å²) in [5, 5.41) is 1.10. The second-order valence-corrected chi connectivity index (χ2v) is 8.58. The summed E-state index contributed by atoms with van der Waals surface area (Å²) in [4.78, 5) is 21.7. The Morgan fingerprint density at radius 3 is 2.67 bits per heavy atom. The van der Waals surface area contributed by atoms with E-state index in [4.69, 9.17) is 9.72 Å². The Morgan fingerprint density at radius 1 is 1.15 bits per heavy atom. The highest BCUT2D eigenvalue weighted by Gasteiger charge is 2.25. The van der Waals surface area contributed by atoms with Crippen LogP contribution in [0.4, 0.5) is 5.82 Å². The van der Waals surface area contributed by atoms with Crippen LogP contribution in [0.15, 0.2) is 30.3 Å². The molecule has 0 spiro atoms. The first kappa shape index (κ1) is 18.4. The lowest BCUT2D eigenvalue weighted by Gasteiger charge is -2.34. The van der Waals surface area contributed by atoms with Crippen molar-refractivity contribution in [2.45, 2.75) is 19.3 Å². The average molecular weight is 386 g/mol. The molecule has 4 rings (SSSR count). The van der Waals surface area contributed by atoms with Gasteiger partial charge < -0.3 is 14.5 Å². The second kappa shape index (κ2) is 8.38. The van der Waals surface area contributed by atoms with Gasteiger partial charge in [0.1, 0.15) is 11.6 Å². The Labute approximate surface area is 165 Å². The van der Waals surface area contributed by atoms with Gasteiger partial charge in [-0.15, -0.1) is 0 Å². The lowest BCUT2D eigenvalue weighted by molar-refractivity contribution is -0.132. The van der Waals surface area contributed by atoms with Crippen molar-refractivity contribution in [1.82, 2.24) is 9.88 Å². The number of fused-ring (bicyclic) bond motifs is 1. The van der Waals surface area contributed by atoms with Gasteiger partial charge in [-0.2, -0.15) is 11.8 Å². The lowest BCUT2D eigenvalue weighted by atomic mass is 9.93. The van der Waals surface area contributed by atoms with Crippen molar-refractivity contribution in [1.29, 1.82) is 0 Å². The topological polar surface area (TPSA) is 45.7 Å². The van der Waals surface area contributed by atoms with Gasteiger partial charge in [-0.05, 0) is 49.1 Å². The van der Waals surface area contributed by atoms with Crippen molar-refractivity contribution in [2.24, 2.45) is 5.92 Å². The summed E-state index contributed by atoms with van der Waals surface area (Å²) in [6.45, 7) is 3.80. The number of thioether (sulfide) groups is 1. The molecular weight excluding hydrogens is 358 g/mol. The summed E-state index contributed by atoms with van der Waals surface area (Å²) in [6, 6.07) is 10.2. The van der Waals surface area contributed by atoms with Crippen molar-refractivity contribution in [3.05, 3.63) is 30.3 Å². The fourth-order valence-corrected chi connectivity index (χ4v) is 4.85. The Bertz CT molecular complexity index is 799. The molecule has 2 aliphatic rings. The van der Waals surface area contributed by atoms with Crippen LogP contribution in [0.3, 0.4) is 0 Å². The van der Waals surface area contributed by atoms with Crippen molar-refractivity contribution in [3.8, 4) is 5.75 Å². The van der Waals surface area contributed by atoms with Crippen LogP contribution < -0.4 is 9.64 Å². The Hall–Kier alpha value is -1.95. The van der Waals surface area contributed by atoms with Gasteiger partial charge in [-0.25, -0.2) is 4.98 Å². The first-order chi connectivity index (χ1) is 13.2. The van der Waals surface area contributed by atoms with Crippen LogP contribution in [0.25, 0.3) is 10.9 Å². The maximum Gasteiger partial charge on any atom is 0.222 e. The normalized spacial score (nSPS) is 18.7. The number of aromatic nitrogens is 1. The molecule has 27 heavy (non-hydrogen) atoms. The number of rotatable bonds is 4. The Balaban J connectivity index is 1.34. The third-order valence-corrected chi connectivity index (χ3v) is 6.59. The van der Waals surface area contributed by atoms with Crippen molar-refractivity contribution in [2.75, 3.05) is 49.7 Å². The van der Waals surface area contributed by atoms with Crippen LogP contribution in [-0.4, -0.2) is 60.6 Å². The minimum absolute atomic E-state index is 0.353. The zero-order valence-corrected chi connectivity index (χ0v) is 16.7. The number of methoxy groups -OCH3 is 1. The minimum Gasteiger partial charge on any atom is -0.497 e. The smallest absolute Gasteiger partial charge is 0.222 e. The van der Waals surface area contributed by atoms with E-state index < -0.39 is 0 Å². The predicted octanol–water partition coefficient (Wildman–Crippen LogP) is 3.43. The van der Waals surface area contributed by atoms with Gasteiger partial charge in [0.25, 0.3) is 0 Å². The molecule has 0 saturated carbocycles. The molecular formula is C21H27N3O2S. The molecule has 0 N–H and O–H groups in total. The minimum atomic E-state index is 0.353. The van der Waals surface area contributed by atoms with E-state index >= 15 is 0 Å². The molecule has 2 aliphatic heterocycles. The van der Waals surface area contributed by atoms with Crippen LogP contribution in [-0.2, 0) is 4.79 Å². The maximum atomic E-state index is 12.5. The van der Waals surface area contributed by atoms with E-state index in [1.807, 2.05) is 30.0 Å². The van der Waals surface area contributed by atoms with E-state index in [-0.39, 0.29) is 0 Å². The number of hydrogen-bond donors (Lipinski definition) is 0. The van der Waals surface area contributed by atoms with Gasteiger partial charge in [-0.3, -0.25) is 4.79 Å². The number of pyridine rings is 1. The van der Waals surface area contributed by atoms with Gasteiger partial charge in [0.15, 0.2) is 0 Å². The highest BCUT2D eigenvalue weighted by atomic mass is 32.2.